The molecule has 3 aromatic rings. The molecule has 0 radical (unpaired) electrons. The molecule has 1 aromatic heterocycles. The summed E-state index contributed by atoms with van der Waals surface area (Å²) in [5, 5.41) is 10.8. The van der Waals surface area contributed by atoms with Crippen LogP contribution in [0.1, 0.15) is 53.0 Å². The fraction of sp³-hybridized carbons (Fsp3) is 0.286. The zero-order valence-electron chi connectivity index (χ0n) is 16.3. The van der Waals surface area contributed by atoms with Crippen molar-refractivity contribution in [1.29, 1.82) is 0 Å². The Kier molecular flexibility index (Phi) is 7.31. The third-order valence-electron chi connectivity index (χ3n) is 4.54. The summed E-state index contributed by atoms with van der Waals surface area (Å²) in [5.74, 6) is 0.189. The van der Waals surface area contributed by atoms with Gasteiger partial charge in [0.1, 0.15) is 0 Å². The number of benzene rings is 2. The first-order valence-electron chi connectivity index (χ1n) is 9.07. The number of aryl methyl sites for hydroxylation is 1. The molecular weight excluding hydrogens is 374 g/mol. The quantitative estimate of drug-likeness (QED) is 0.663. The van der Waals surface area contributed by atoms with Crippen LogP contribution in [0.15, 0.2) is 54.7 Å². The second kappa shape index (κ2) is 9.48. The highest BCUT2D eigenvalue weighted by atomic mass is 35.5. The SMILES string of the molecule is Cc1ccc(-n2cc(C(=O)NCC(N)c3ccc(C(C)C)cc3)nn2)cc1.Cl. The number of hydrogen-bond acceptors (Lipinski definition) is 4. The average Bonchev–Trinajstić information content (AvgIpc) is 3.16. The number of amides is 1. The van der Waals surface area contributed by atoms with Crippen molar-refractivity contribution in [3.8, 4) is 5.69 Å². The maximum atomic E-state index is 12.3. The predicted molar refractivity (Wildman–Crippen MR) is 113 cm³/mol. The molecule has 0 bridgehead atoms. The molecule has 1 amide bonds. The lowest BCUT2D eigenvalue weighted by atomic mass is 9.99. The van der Waals surface area contributed by atoms with Crippen molar-refractivity contribution in [2.75, 3.05) is 6.54 Å². The molecule has 0 spiro atoms. The van der Waals surface area contributed by atoms with Gasteiger partial charge >= 0.3 is 0 Å². The van der Waals surface area contributed by atoms with Crippen molar-refractivity contribution < 1.29 is 4.79 Å². The van der Waals surface area contributed by atoms with Gasteiger partial charge in [0.05, 0.1) is 11.9 Å². The molecular formula is C21H26ClN5O. The monoisotopic (exact) mass is 399 g/mol. The van der Waals surface area contributed by atoms with E-state index in [0.29, 0.717) is 12.5 Å². The number of rotatable bonds is 6. The minimum Gasteiger partial charge on any atom is -0.349 e. The molecule has 148 valence electrons. The normalized spacial score (nSPS) is 11.8. The molecule has 3 rings (SSSR count). The van der Waals surface area contributed by atoms with Crippen LogP contribution >= 0.6 is 12.4 Å². The Morgan fingerprint density at radius 2 is 1.68 bits per heavy atom. The fourth-order valence-electron chi connectivity index (χ4n) is 2.73. The highest BCUT2D eigenvalue weighted by molar-refractivity contribution is 5.91. The van der Waals surface area contributed by atoms with Crippen molar-refractivity contribution in [1.82, 2.24) is 20.3 Å². The lowest BCUT2D eigenvalue weighted by Gasteiger charge is -2.14. The molecule has 0 aliphatic heterocycles. The van der Waals surface area contributed by atoms with Crippen LogP contribution in [0.2, 0.25) is 0 Å². The van der Waals surface area contributed by atoms with Crippen LogP contribution in [-0.4, -0.2) is 27.4 Å². The van der Waals surface area contributed by atoms with Crippen LogP contribution in [0, 0.1) is 6.92 Å². The number of nitrogens with zero attached hydrogens (tertiary/aromatic N) is 3. The lowest BCUT2D eigenvalue weighted by molar-refractivity contribution is 0.0946. The summed E-state index contributed by atoms with van der Waals surface area (Å²) in [6.45, 7) is 6.65. The van der Waals surface area contributed by atoms with Gasteiger partial charge in [-0.1, -0.05) is 61.0 Å². The Labute approximate surface area is 171 Å². The Morgan fingerprint density at radius 1 is 1.07 bits per heavy atom. The van der Waals surface area contributed by atoms with Gasteiger partial charge in [0, 0.05) is 12.6 Å². The number of aromatic nitrogens is 3. The second-order valence-electron chi connectivity index (χ2n) is 7.02. The standard InChI is InChI=1S/C21H25N5O.ClH/c1-14(2)16-6-8-17(9-7-16)19(22)12-23-21(27)20-13-26(25-24-20)18-10-4-15(3)5-11-18;/h4-11,13-14,19H,12,22H2,1-3H3,(H,23,27);1H. The molecule has 1 unspecified atom stereocenters. The first-order valence-corrected chi connectivity index (χ1v) is 9.07. The number of nitrogens with one attached hydrogen (secondary N) is 1. The van der Waals surface area contributed by atoms with Gasteiger partial charge in [0.15, 0.2) is 5.69 Å². The van der Waals surface area contributed by atoms with E-state index in [-0.39, 0.29) is 30.0 Å². The minimum absolute atomic E-state index is 0. The smallest absolute Gasteiger partial charge is 0.273 e. The molecule has 2 aromatic carbocycles. The summed E-state index contributed by atoms with van der Waals surface area (Å²) in [6.07, 6.45) is 1.61. The van der Waals surface area contributed by atoms with Gasteiger partial charge in [0.25, 0.3) is 5.91 Å². The van der Waals surface area contributed by atoms with Crippen molar-refractivity contribution in [3.05, 3.63) is 77.1 Å². The summed E-state index contributed by atoms with van der Waals surface area (Å²) in [5.41, 5.74) is 10.7. The minimum atomic E-state index is -0.289. The van der Waals surface area contributed by atoms with Crippen LogP contribution in [-0.2, 0) is 0 Å². The average molecular weight is 400 g/mol. The molecule has 0 aliphatic rings. The number of halogens is 1. The Morgan fingerprint density at radius 3 is 2.29 bits per heavy atom. The zero-order chi connectivity index (χ0) is 19.4. The van der Waals surface area contributed by atoms with Gasteiger partial charge in [-0.2, -0.15) is 0 Å². The Hall–Kier alpha value is -2.70. The first kappa shape index (κ1) is 21.6. The summed E-state index contributed by atoms with van der Waals surface area (Å²) in [6, 6.07) is 15.7. The fourth-order valence-corrected chi connectivity index (χ4v) is 2.73. The van der Waals surface area contributed by atoms with Gasteiger partial charge in [0.2, 0.25) is 0 Å². The van der Waals surface area contributed by atoms with Crippen LogP contribution in [0.3, 0.4) is 0 Å². The molecule has 0 saturated carbocycles. The molecule has 1 heterocycles. The van der Waals surface area contributed by atoms with E-state index in [1.54, 1.807) is 10.9 Å². The molecule has 0 saturated heterocycles. The van der Waals surface area contributed by atoms with Crippen LogP contribution in [0.25, 0.3) is 5.69 Å². The number of hydrogen-bond donors (Lipinski definition) is 2. The summed E-state index contributed by atoms with van der Waals surface area (Å²) >= 11 is 0. The van der Waals surface area contributed by atoms with E-state index in [2.05, 4.69) is 41.6 Å². The zero-order valence-corrected chi connectivity index (χ0v) is 17.1. The predicted octanol–water partition coefficient (Wildman–Crippen LogP) is 3.55. The van der Waals surface area contributed by atoms with Gasteiger partial charge in [-0.05, 0) is 36.1 Å². The van der Waals surface area contributed by atoms with Crippen LogP contribution < -0.4 is 11.1 Å². The maximum absolute atomic E-state index is 12.3. The molecule has 0 aliphatic carbocycles. The van der Waals surface area contributed by atoms with E-state index in [4.69, 9.17) is 5.73 Å². The first-order chi connectivity index (χ1) is 12.9. The third kappa shape index (κ3) is 5.18. The molecule has 28 heavy (non-hydrogen) atoms. The van der Waals surface area contributed by atoms with Gasteiger partial charge in [-0.3, -0.25) is 4.79 Å². The summed E-state index contributed by atoms with van der Waals surface area (Å²) < 4.78 is 1.58. The van der Waals surface area contributed by atoms with E-state index in [1.165, 1.54) is 5.56 Å². The molecule has 0 fully saturated rings. The van der Waals surface area contributed by atoms with E-state index in [9.17, 15) is 4.79 Å². The van der Waals surface area contributed by atoms with E-state index >= 15 is 0 Å². The molecule has 7 heteroatoms. The molecule has 1 atom stereocenters. The topological polar surface area (TPSA) is 85.8 Å². The Balaban J connectivity index is 0.00000280. The van der Waals surface area contributed by atoms with Crippen molar-refractivity contribution >= 4 is 18.3 Å². The lowest BCUT2D eigenvalue weighted by Crippen LogP contribution is -2.32. The summed E-state index contributed by atoms with van der Waals surface area (Å²) in [4.78, 5) is 12.3. The van der Waals surface area contributed by atoms with Crippen molar-refractivity contribution in [2.24, 2.45) is 5.73 Å². The number of carbonyl (C=O) groups is 1. The highest BCUT2D eigenvalue weighted by Gasteiger charge is 2.14. The highest BCUT2D eigenvalue weighted by Crippen LogP contribution is 2.17. The van der Waals surface area contributed by atoms with E-state index < -0.39 is 0 Å². The van der Waals surface area contributed by atoms with Crippen LogP contribution in [0.4, 0.5) is 0 Å². The van der Waals surface area contributed by atoms with Gasteiger partial charge < -0.3 is 11.1 Å². The van der Waals surface area contributed by atoms with Gasteiger partial charge in [-0.15, -0.1) is 17.5 Å². The Bertz CT molecular complexity index is 903. The van der Waals surface area contributed by atoms with Gasteiger partial charge in [-0.25, -0.2) is 4.68 Å². The van der Waals surface area contributed by atoms with Crippen LogP contribution in [0.5, 0.6) is 0 Å². The molecule has 6 nitrogen and oxygen atoms in total. The largest absolute Gasteiger partial charge is 0.349 e. The second-order valence-corrected chi connectivity index (χ2v) is 7.02. The summed E-state index contributed by atoms with van der Waals surface area (Å²) in [7, 11) is 0. The van der Waals surface area contributed by atoms with Crippen molar-refractivity contribution in [3.63, 3.8) is 0 Å². The van der Waals surface area contributed by atoms with Crippen molar-refractivity contribution in [2.45, 2.75) is 32.7 Å². The number of nitrogens with two attached hydrogens (primary N) is 1. The number of carbonyl (C=O) groups excluding carboxylic acids is 1. The molecule has 3 N–H and O–H groups in total. The van der Waals surface area contributed by atoms with E-state index in [0.717, 1.165) is 16.8 Å². The van der Waals surface area contributed by atoms with E-state index in [1.807, 2.05) is 43.3 Å². The third-order valence-corrected chi connectivity index (χ3v) is 4.54. The maximum Gasteiger partial charge on any atom is 0.273 e.